The lowest BCUT2D eigenvalue weighted by atomic mass is 9.92. The van der Waals surface area contributed by atoms with Gasteiger partial charge in [0.2, 0.25) is 5.91 Å². The Labute approximate surface area is 218 Å². The zero-order valence-electron chi connectivity index (χ0n) is 22.0. The van der Waals surface area contributed by atoms with Crippen LogP contribution in [0.3, 0.4) is 0 Å². The molecule has 1 aromatic heterocycles. The van der Waals surface area contributed by atoms with Gasteiger partial charge in [-0.05, 0) is 50.1 Å². The second-order valence-corrected chi connectivity index (χ2v) is 10.5. The first-order chi connectivity index (χ1) is 17.0. The van der Waals surface area contributed by atoms with E-state index >= 15 is 0 Å². The van der Waals surface area contributed by atoms with Crippen molar-refractivity contribution in [3.63, 3.8) is 0 Å². The Morgan fingerprint density at radius 3 is 2.33 bits per heavy atom. The van der Waals surface area contributed by atoms with Crippen LogP contribution in [0.1, 0.15) is 57.4 Å². The molecule has 8 heteroatoms. The summed E-state index contributed by atoms with van der Waals surface area (Å²) in [5.74, 6) is 0.270. The van der Waals surface area contributed by atoms with E-state index in [1.165, 1.54) is 4.90 Å². The largest absolute Gasteiger partial charge is 0.322 e. The molecular formula is C28H36ClN5O2. The molecule has 3 rings (SSSR count). The van der Waals surface area contributed by atoms with Crippen LogP contribution >= 0.6 is 11.6 Å². The van der Waals surface area contributed by atoms with Crippen molar-refractivity contribution in [2.45, 2.75) is 59.8 Å². The molecule has 3 aromatic rings. The summed E-state index contributed by atoms with van der Waals surface area (Å²) in [6.45, 7) is 12.6. The Morgan fingerprint density at radius 1 is 1.03 bits per heavy atom. The van der Waals surface area contributed by atoms with Gasteiger partial charge in [-0.1, -0.05) is 69.5 Å². The molecule has 2 aromatic carbocycles. The summed E-state index contributed by atoms with van der Waals surface area (Å²) in [6, 6.07) is 14.9. The number of anilines is 2. The number of halogens is 1. The maximum absolute atomic E-state index is 13.1. The third kappa shape index (κ3) is 7.10. The number of rotatable bonds is 8. The van der Waals surface area contributed by atoms with E-state index in [-0.39, 0.29) is 23.9 Å². The number of unbranched alkanes of at least 4 members (excludes halogenated alkanes) is 1. The summed E-state index contributed by atoms with van der Waals surface area (Å²) >= 11 is 6.21. The van der Waals surface area contributed by atoms with Gasteiger partial charge >= 0.3 is 6.03 Å². The fourth-order valence-corrected chi connectivity index (χ4v) is 3.73. The predicted octanol–water partition coefficient (Wildman–Crippen LogP) is 6.71. The van der Waals surface area contributed by atoms with E-state index in [0.717, 1.165) is 35.3 Å². The van der Waals surface area contributed by atoms with E-state index in [9.17, 15) is 9.59 Å². The molecule has 0 atom stereocenters. The molecule has 0 unspecified atom stereocenters. The highest BCUT2D eigenvalue weighted by molar-refractivity contribution is 6.31. The highest BCUT2D eigenvalue weighted by Gasteiger charge is 2.23. The number of carbonyl (C=O) groups is 2. The Kier molecular flexibility index (Phi) is 8.79. The topological polar surface area (TPSA) is 79.3 Å². The van der Waals surface area contributed by atoms with Gasteiger partial charge in [-0.25, -0.2) is 9.48 Å². The Balaban J connectivity index is 1.80. The number of hydrogen-bond acceptors (Lipinski definition) is 3. The lowest BCUT2D eigenvalue weighted by Gasteiger charge is -2.23. The summed E-state index contributed by atoms with van der Waals surface area (Å²) in [5.41, 5.74) is 4.16. The van der Waals surface area contributed by atoms with Gasteiger partial charge in [0, 0.05) is 28.7 Å². The quantitative estimate of drug-likeness (QED) is 0.354. The molecule has 1 heterocycles. The number of aryl methyl sites for hydroxylation is 2. The molecule has 3 amide bonds. The van der Waals surface area contributed by atoms with Gasteiger partial charge in [0.15, 0.2) is 0 Å². The van der Waals surface area contributed by atoms with Crippen molar-refractivity contribution in [1.82, 2.24) is 14.7 Å². The summed E-state index contributed by atoms with van der Waals surface area (Å²) in [4.78, 5) is 27.7. The van der Waals surface area contributed by atoms with Crippen LogP contribution in [-0.2, 0) is 10.2 Å². The van der Waals surface area contributed by atoms with Crippen molar-refractivity contribution < 1.29 is 9.59 Å². The van der Waals surface area contributed by atoms with Crippen LogP contribution in [0.25, 0.3) is 5.69 Å². The van der Waals surface area contributed by atoms with Crippen LogP contribution in [-0.4, -0.2) is 39.7 Å². The second kappa shape index (κ2) is 11.6. The van der Waals surface area contributed by atoms with Crippen molar-refractivity contribution in [1.29, 1.82) is 0 Å². The average molecular weight is 510 g/mol. The van der Waals surface area contributed by atoms with E-state index < -0.39 is 0 Å². The van der Waals surface area contributed by atoms with Gasteiger partial charge in [-0.15, -0.1) is 0 Å². The van der Waals surface area contributed by atoms with Crippen molar-refractivity contribution in [2.75, 3.05) is 23.7 Å². The number of amides is 3. The molecular weight excluding hydrogens is 474 g/mol. The molecule has 0 saturated carbocycles. The minimum absolute atomic E-state index is 0.0879. The molecule has 192 valence electrons. The normalized spacial score (nSPS) is 11.3. The van der Waals surface area contributed by atoms with Crippen LogP contribution in [0.5, 0.6) is 0 Å². The first kappa shape index (κ1) is 27.3. The predicted molar refractivity (Wildman–Crippen MR) is 147 cm³/mol. The SMILES string of the molecule is CCCCN(CC(=O)Nc1cc(C(C)(C)C)nn1-c1ccc(C)cc1)C(=O)Nc1ccc(C)c(Cl)c1. The summed E-state index contributed by atoms with van der Waals surface area (Å²) in [7, 11) is 0. The lowest BCUT2D eigenvalue weighted by molar-refractivity contribution is -0.116. The van der Waals surface area contributed by atoms with Crippen molar-refractivity contribution in [2.24, 2.45) is 0 Å². The molecule has 7 nitrogen and oxygen atoms in total. The lowest BCUT2D eigenvalue weighted by Crippen LogP contribution is -2.41. The minimum Gasteiger partial charge on any atom is -0.315 e. The van der Waals surface area contributed by atoms with E-state index in [0.29, 0.717) is 23.1 Å². The first-order valence-corrected chi connectivity index (χ1v) is 12.6. The standard InChI is InChI=1S/C28H36ClN5O2/c1-7-8-15-33(27(36)30-21-12-11-20(3)23(29)16-21)18-26(35)31-25-17-24(28(4,5)6)32-34(25)22-13-9-19(2)10-14-22/h9-14,16-17H,7-8,15,18H2,1-6H3,(H,30,36)(H,31,35). The zero-order chi connectivity index (χ0) is 26.5. The molecule has 0 radical (unpaired) electrons. The molecule has 2 N–H and O–H groups in total. The van der Waals surface area contributed by atoms with Crippen LogP contribution < -0.4 is 10.6 Å². The molecule has 0 aliphatic heterocycles. The fraction of sp³-hybridized carbons (Fsp3) is 0.393. The first-order valence-electron chi connectivity index (χ1n) is 12.3. The maximum Gasteiger partial charge on any atom is 0.322 e. The van der Waals surface area contributed by atoms with Gasteiger partial charge in [0.05, 0.1) is 11.4 Å². The highest BCUT2D eigenvalue weighted by atomic mass is 35.5. The third-order valence-electron chi connectivity index (χ3n) is 5.85. The van der Waals surface area contributed by atoms with Crippen LogP contribution in [0.2, 0.25) is 5.02 Å². The Morgan fingerprint density at radius 2 is 1.72 bits per heavy atom. The van der Waals surface area contributed by atoms with Crippen molar-refractivity contribution in [3.05, 3.63) is 70.4 Å². The molecule has 36 heavy (non-hydrogen) atoms. The van der Waals surface area contributed by atoms with Gasteiger partial charge < -0.3 is 15.5 Å². The smallest absolute Gasteiger partial charge is 0.315 e. The third-order valence-corrected chi connectivity index (χ3v) is 6.26. The van der Waals surface area contributed by atoms with Crippen molar-refractivity contribution in [3.8, 4) is 5.69 Å². The summed E-state index contributed by atoms with van der Waals surface area (Å²) in [6.07, 6.45) is 1.68. The number of nitrogens with one attached hydrogen (secondary N) is 2. The zero-order valence-corrected chi connectivity index (χ0v) is 22.7. The van der Waals surface area contributed by atoms with E-state index in [2.05, 4.69) is 31.4 Å². The summed E-state index contributed by atoms with van der Waals surface area (Å²) in [5, 5.41) is 11.2. The van der Waals surface area contributed by atoms with Gasteiger partial charge in [0.1, 0.15) is 12.4 Å². The Bertz CT molecular complexity index is 1210. The van der Waals surface area contributed by atoms with Crippen LogP contribution in [0, 0.1) is 13.8 Å². The van der Waals surface area contributed by atoms with E-state index in [1.54, 1.807) is 16.8 Å². The molecule has 0 saturated heterocycles. The van der Waals surface area contributed by atoms with E-state index in [4.69, 9.17) is 16.7 Å². The fourth-order valence-electron chi connectivity index (χ4n) is 3.55. The minimum atomic E-state index is -0.346. The highest BCUT2D eigenvalue weighted by Crippen LogP contribution is 2.26. The van der Waals surface area contributed by atoms with Gasteiger partial charge in [0.25, 0.3) is 0 Å². The number of hydrogen-bond donors (Lipinski definition) is 2. The van der Waals surface area contributed by atoms with Crippen LogP contribution in [0.4, 0.5) is 16.3 Å². The monoisotopic (exact) mass is 509 g/mol. The van der Waals surface area contributed by atoms with E-state index in [1.807, 2.05) is 57.2 Å². The Hall–Kier alpha value is -3.32. The maximum atomic E-state index is 13.1. The number of benzene rings is 2. The van der Waals surface area contributed by atoms with Crippen molar-refractivity contribution >= 4 is 35.0 Å². The molecule has 0 aliphatic rings. The molecule has 0 spiro atoms. The number of urea groups is 1. The molecule has 0 aliphatic carbocycles. The average Bonchev–Trinajstić information content (AvgIpc) is 3.23. The molecule has 0 bridgehead atoms. The van der Waals surface area contributed by atoms with Gasteiger partial charge in [-0.2, -0.15) is 5.10 Å². The van der Waals surface area contributed by atoms with Crippen LogP contribution in [0.15, 0.2) is 48.5 Å². The molecule has 0 fully saturated rings. The summed E-state index contributed by atoms with van der Waals surface area (Å²) < 4.78 is 1.74. The van der Waals surface area contributed by atoms with Gasteiger partial charge in [-0.3, -0.25) is 4.79 Å². The second-order valence-electron chi connectivity index (χ2n) is 10.1. The number of carbonyl (C=O) groups excluding carboxylic acids is 2. The number of nitrogens with zero attached hydrogens (tertiary/aromatic N) is 3. The number of aromatic nitrogens is 2.